The van der Waals surface area contributed by atoms with Crippen LogP contribution >= 0.6 is 24.0 Å². The van der Waals surface area contributed by atoms with E-state index in [1.807, 2.05) is 24.3 Å². The van der Waals surface area contributed by atoms with Gasteiger partial charge in [0, 0.05) is 18.0 Å². The fourth-order valence-electron chi connectivity index (χ4n) is 3.16. The number of hydrogen-bond acceptors (Lipinski definition) is 3. The third-order valence-electron chi connectivity index (χ3n) is 4.31. The monoisotopic (exact) mass is 466 g/mol. The Morgan fingerprint density at radius 3 is 2.50 bits per heavy atom. The van der Waals surface area contributed by atoms with Crippen molar-refractivity contribution in [1.29, 1.82) is 0 Å². The number of rotatable bonds is 5. The molecule has 1 aliphatic carbocycles. The van der Waals surface area contributed by atoms with Crippen LogP contribution in [0.3, 0.4) is 0 Å². The van der Waals surface area contributed by atoms with E-state index in [2.05, 4.69) is 35.2 Å². The van der Waals surface area contributed by atoms with E-state index in [1.54, 1.807) is 6.20 Å². The summed E-state index contributed by atoms with van der Waals surface area (Å²) in [6, 6.07) is 10.1. The number of ether oxygens (including phenoxy) is 1. The van der Waals surface area contributed by atoms with Crippen LogP contribution < -0.4 is 15.8 Å². The van der Waals surface area contributed by atoms with Gasteiger partial charge in [0.25, 0.3) is 0 Å². The van der Waals surface area contributed by atoms with Crippen LogP contribution in [0.1, 0.15) is 42.4 Å². The zero-order chi connectivity index (χ0) is 17.6. The molecule has 0 unspecified atom stereocenters. The lowest BCUT2D eigenvalue weighted by molar-refractivity contribution is 0.201. The Hall–Kier alpha value is -1.83. The van der Waals surface area contributed by atoms with Crippen LogP contribution in [0.4, 0.5) is 5.69 Å². The Labute approximate surface area is 172 Å². The third kappa shape index (κ3) is 6.16. The van der Waals surface area contributed by atoms with Gasteiger partial charge in [-0.2, -0.15) is 0 Å². The van der Waals surface area contributed by atoms with Gasteiger partial charge in [-0.3, -0.25) is 0 Å². The van der Waals surface area contributed by atoms with Crippen LogP contribution in [0.15, 0.2) is 41.5 Å². The first kappa shape index (κ1) is 20.5. The van der Waals surface area contributed by atoms with Crippen molar-refractivity contribution in [2.24, 2.45) is 10.7 Å². The van der Waals surface area contributed by atoms with Crippen LogP contribution in [0.5, 0.6) is 5.88 Å². The molecule has 1 aliphatic rings. The molecule has 1 heterocycles. The molecule has 3 rings (SSSR count). The van der Waals surface area contributed by atoms with Crippen LogP contribution in [-0.2, 0) is 6.54 Å². The summed E-state index contributed by atoms with van der Waals surface area (Å²) in [5, 5.41) is 3.14. The van der Waals surface area contributed by atoms with Crippen molar-refractivity contribution in [3.05, 3.63) is 53.2 Å². The number of nitrogens with two attached hydrogens (primary N) is 1. The Morgan fingerprint density at radius 2 is 1.88 bits per heavy atom. The summed E-state index contributed by atoms with van der Waals surface area (Å²) in [4.78, 5) is 8.76. The van der Waals surface area contributed by atoms with Crippen LogP contribution in [0.25, 0.3) is 0 Å². The second-order valence-electron chi connectivity index (χ2n) is 6.73. The second-order valence-corrected chi connectivity index (χ2v) is 6.73. The maximum Gasteiger partial charge on any atom is 0.213 e. The molecule has 140 valence electrons. The largest absolute Gasteiger partial charge is 0.474 e. The van der Waals surface area contributed by atoms with Gasteiger partial charge in [-0.15, -0.1) is 24.0 Å². The highest BCUT2D eigenvalue weighted by atomic mass is 127. The number of aliphatic imine (C=N–C) groups is 1. The number of anilines is 1. The molecular formula is C20H27IN4O. The van der Waals surface area contributed by atoms with E-state index in [4.69, 9.17) is 10.5 Å². The summed E-state index contributed by atoms with van der Waals surface area (Å²) in [6.45, 7) is 4.61. The van der Waals surface area contributed by atoms with E-state index >= 15 is 0 Å². The lowest BCUT2D eigenvalue weighted by atomic mass is 10.1. The van der Waals surface area contributed by atoms with Gasteiger partial charge in [-0.25, -0.2) is 9.98 Å². The maximum absolute atomic E-state index is 5.99. The number of nitrogens with one attached hydrogen (secondary N) is 1. The lowest BCUT2D eigenvalue weighted by Gasteiger charge is -2.12. The number of hydrogen-bond donors (Lipinski definition) is 2. The molecule has 1 saturated carbocycles. The van der Waals surface area contributed by atoms with Gasteiger partial charge in [-0.05, 0) is 68.4 Å². The van der Waals surface area contributed by atoms with Gasteiger partial charge in [0.2, 0.25) is 5.88 Å². The van der Waals surface area contributed by atoms with E-state index in [9.17, 15) is 0 Å². The Morgan fingerprint density at radius 1 is 1.19 bits per heavy atom. The Balaban J connectivity index is 0.00000243. The average Bonchev–Trinajstić information content (AvgIpc) is 3.06. The van der Waals surface area contributed by atoms with E-state index in [0.717, 1.165) is 24.1 Å². The standard InChI is InChI=1S/C20H26N4O.HI/c1-14-9-15(2)11-17(10-14)24-20(21)23-13-16-7-8-19(22-12-16)25-18-5-3-4-6-18;/h7-12,18H,3-6,13H2,1-2H3,(H3,21,23,24);1H. The van der Waals surface area contributed by atoms with Crippen molar-refractivity contribution < 1.29 is 4.74 Å². The predicted molar refractivity (Wildman–Crippen MR) is 117 cm³/mol. The summed E-state index contributed by atoms with van der Waals surface area (Å²) in [5.41, 5.74) is 10.3. The molecule has 3 N–H and O–H groups in total. The normalized spacial score (nSPS) is 14.8. The fraction of sp³-hybridized carbons (Fsp3) is 0.400. The van der Waals surface area contributed by atoms with Gasteiger partial charge in [-0.1, -0.05) is 12.1 Å². The minimum atomic E-state index is 0. The van der Waals surface area contributed by atoms with Gasteiger partial charge in [0.15, 0.2) is 5.96 Å². The van der Waals surface area contributed by atoms with Crippen LogP contribution in [0.2, 0.25) is 0 Å². The molecule has 5 nitrogen and oxygen atoms in total. The number of aryl methyl sites for hydroxylation is 2. The van der Waals surface area contributed by atoms with Crippen LogP contribution in [-0.4, -0.2) is 17.0 Å². The summed E-state index contributed by atoms with van der Waals surface area (Å²) in [6.07, 6.45) is 6.91. The van der Waals surface area contributed by atoms with Crippen molar-refractivity contribution >= 4 is 35.6 Å². The first-order chi connectivity index (χ1) is 12.1. The van der Waals surface area contributed by atoms with E-state index in [1.165, 1.54) is 24.0 Å². The molecule has 0 radical (unpaired) electrons. The number of pyridine rings is 1. The summed E-state index contributed by atoms with van der Waals surface area (Å²) >= 11 is 0. The quantitative estimate of drug-likeness (QED) is 0.385. The van der Waals surface area contributed by atoms with Gasteiger partial charge < -0.3 is 15.8 Å². The molecule has 0 spiro atoms. The van der Waals surface area contributed by atoms with Gasteiger partial charge in [0.05, 0.1) is 6.54 Å². The van der Waals surface area contributed by atoms with E-state index in [0.29, 0.717) is 24.5 Å². The summed E-state index contributed by atoms with van der Waals surface area (Å²) < 4.78 is 5.87. The van der Waals surface area contributed by atoms with Crippen molar-refractivity contribution in [2.45, 2.75) is 52.2 Å². The molecule has 0 amide bonds. The molecule has 0 bridgehead atoms. The van der Waals surface area contributed by atoms with Crippen molar-refractivity contribution in [2.75, 3.05) is 5.32 Å². The molecule has 0 saturated heterocycles. The first-order valence-corrected chi connectivity index (χ1v) is 8.85. The zero-order valence-corrected chi connectivity index (χ0v) is 17.7. The highest BCUT2D eigenvalue weighted by molar-refractivity contribution is 14.0. The van der Waals surface area contributed by atoms with Crippen molar-refractivity contribution in [1.82, 2.24) is 4.98 Å². The summed E-state index contributed by atoms with van der Waals surface area (Å²) in [7, 11) is 0. The average molecular weight is 466 g/mol. The number of aromatic nitrogens is 1. The fourth-order valence-corrected chi connectivity index (χ4v) is 3.16. The Bertz CT molecular complexity index is 720. The predicted octanol–water partition coefficient (Wildman–Crippen LogP) is 4.56. The molecule has 1 aromatic heterocycles. The number of nitrogens with zero attached hydrogens (tertiary/aromatic N) is 2. The molecule has 1 fully saturated rings. The zero-order valence-electron chi connectivity index (χ0n) is 15.4. The molecule has 2 aromatic rings. The third-order valence-corrected chi connectivity index (χ3v) is 4.31. The number of guanidine groups is 1. The minimum absolute atomic E-state index is 0. The molecule has 6 heteroatoms. The lowest BCUT2D eigenvalue weighted by Crippen LogP contribution is -2.22. The topological polar surface area (TPSA) is 72.5 Å². The van der Waals surface area contributed by atoms with Gasteiger partial charge in [0.1, 0.15) is 6.10 Å². The number of halogens is 1. The smallest absolute Gasteiger partial charge is 0.213 e. The van der Waals surface area contributed by atoms with Crippen LogP contribution in [0, 0.1) is 13.8 Å². The Kier molecular flexibility index (Phi) is 7.68. The molecular weight excluding hydrogens is 439 g/mol. The van der Waals surface area contributed by atoms with Crippen molar-refractivity contribution in [3.8, 4) is 5.88 Å². The van der Waals surface area contributed by atoms with E-state index in [-0.39, 0.29) is 24.0 Å². The SMILES string of the molecule is Cc1cc(C)cc(NC(N)=NCc2ccc(OC3CCCC3)nc2)c1.I. The minimum Gasteiger partial charge on any atom is -0.474 e. The first-order valence-electron chi connectivity index (χ1n) is 8.85. The molecule has 26 heavy (non-hydrogen) atoms. The highest BCUT2D eigenvalue weighted by Gasteiger charge is 2.16. The highest BCUT2D eigenvalue weighted by Crippen LogP contribution is 2.23. The summed E-state index contributed by atoms with van der Waals surface area (Å²) in [5.74, 6) is 1.09. The molecule has 0 aliphatic heterocycles. The second kappa shape index (κ2) is 9.75. The molecule has 0 atom stereocenters. The van der Waals surface area contributed by atoms with Gasteiger partial charge >= 0.3 is 0 Å². The van der Waals surface area contributed by atoms with E-state index < -0.39 is 0 Å². The van der Waals surface area contributed by atoms with Crippen molar-refractivity contribution in [3.63, 3.8) is 0 Å². The number of benzene rings is 1. The molecule has 1 aromatic carbocycles. The maximum atomic E-state index is 5.99.